The maximum Gasteiger partial charge on any atom is 0.00518 e. The molecule has 0 aromatic heterocycles. The van der Waals surface area contributed by atoms with E-state index in [1.165, 1.54) is 24.0 Å². The minimum absolute atomic E-state index is 0.547. The zero-order valence-corrected chi connectivity index (χ0v) is 7.79. The van der Waals surface area contributed by atoms with E-state index in [4.69, 9.17) is 0 Å². The number of hydrogen-bond acceptors (Lipinski definition) is 0. The first-order valence-corrected chi connectivity index (χ1v) is 4.84. The van der Waals surface area contributed by atoms with Gasteiger partial charge >= 0.3 is 0 Å². The molecular formula is C13H14. The van der Waals surface area contributed by atoms with Gasteiger partial charge in [-0.3, -0.25) is 0 Å². The summed E-state index contributed by atoms with van der Waals surface area (Å²) in [6.07, 6.45) is 5.82. The first-order valence-electron chi connectivity index (χ1n) is 4.84. The van der Waals surface area contributed by atoms with Gasteiger partial charge in [-0.25, -0.2) is 0 Å². The second kappa shape index (κ2) is 3.78. The summed E-state index contributed by atoms with van der Waals surface area (Å²) in [7, 11) is 0. The molecule has 1 saturated carbocycles. The van der Waals surface area contributed by atoms with Gasteiger partial charge in [0.1, 0.15) is 0 Å². The van der Waals surface area contributed by atoms with E-state index < -0.39 is 0 Å². The number of hydrogen-bond donors (Lipinski definition) is 0. The molecule has 0 heteroatoms. The van der Waals surface area contributed by atoms with Gasteiger partial charge in [0.25, 0.3) is 0 Å². The van der Waals surface area contributed by atoms with E-state index in [9.17, 15) is 0 Å². The van der Waals surface area contributed by atoms with Crippen LogP contribution in [-0.2, 0) is 0 Å². The molecule has 0 aliphatic heterocycles. The number of benzene rings is 1. The molecule has 0 bridgehead atoms. The molecule has 2 rings (SSSR count). The molecule has 0 nitrogen and oxygen atoms in total. The molecule has 1 aromatic carbocycles. The monoisotopic (exact) mass is 170 g/mol. The second-order valence-electron chi connectivity index (χ2n) is 3.60. The lowest BCUT2D eigenvalue weighted by molar-refractivity contribution is 0.623. The molecule has 0 N–H and O–H groups in total. The second-order valence-corrected chi connectivity index (χ2v) is 3.60. The third-order valence-electron chi connectivity index (χ3n) is 2.67. The third kappa shape index (κ3) is 1.82. The van der Waals surface area contributed by atoms with Crippen molar-refractivity contribution in [1.82, 2.24) is 0 Å². The SMILES string of the molecule is C=C1C[CH]CCC1c1[c]cccc1. The predicted octanol–water partition coefficient (Wildman–Crippen LogP) is 3.51. The summed E-state index contributed by atoms with van der Waals surface area (Å²) in [6.45, 7) is 4.12. The van der Waals surface area contributed by atoms with E-state index in [1.807, 2.05) is 12.1 Å². The molecule has 0 amide bonds. The molecule has 1 aliphatic rings. The standard InChI is InChI=1S/C13H14/c1-11-7-5-6-10-13(11)12-8-3-2-4-9-12/h2-5,8,13H,1,6-7,10H2. The fourth-order valence-corrected chi connectivity index (χ4v) is 1.92. The number of rotatable bonds is 1. The van der Waals surface area contributed by atoms with Crippen molar-refractivity contribution in [2.75, 3.05) is 0 Å². The fraction of sp³-hybridized carbons (Fsp3) is 0.308. The van der Waals surface area contributed by atoms with Gasteiger partial charge < -0.3 is 0 Å². The molecule has 1 aliphatic carbocycles. The highest BCUT2D eigenvalue weighted by Crippen LogP contribution is 2.35. The van der Waals surface area contributed by atoms with Gasteiger partial charge in [0.05, 0.1) is 0 Å². The first-order chi connectivity index (χ1) is 6.38. The molecule has 1 fully saturated rings. The van der Waals surface area contributed by atoms with Crippen LogP contribution in [0.25, 0.3) is 0 Å². The molecule has 1 aromatic rings. The summed E-state index contributed by atoms with van der Waals surface area (Å²) in [5.41, 5.74) is 2.65. The Kier molecular flexibility index (Phi) is 2.49. The molecule has 1 unspecified atom stereocenters. The van der Waals surface area contributed by atoms with Crippen molar-refractivity contribution in [2.45, 2.75) is 25.2 Å². The van der Waals surface area contributed by atoms with E-state index in [0.717, 1.165) is 6.42 Å². The van der Waals surface area contributed by atoms with Gasteiger partial charge in [0, 0.05) is 5.92 Å². The average molecular weight is 170 g/mol. The smallest absolute Gasteiger partial charge is 0.00518 e. The Morgan fingerprint density at radius 3 is 3.00 bits per heavy atom. The van der Waals surface area contributed by atoms with Gasteiger partial charge in [0.15, 0.2) is 0 Å². The van der Waals surface area contributed by atoms with Crippen molar-refractivity contribution < 1.29 is 0 Å². The minimum Gasteiger partial charge on any atom is -0.0992 e. The molecule has 0 spiro atoms. The zero-order chi connectivity index (χ0) is 9.10. The molecular weight excluding hydrogens is 156 g/mol. The Morgan fingerprint density at radius 1 is 1.38 bits per heavy atom. The van der Waals surface area contributed by atoms with Crippen LogP contribution in [0.4, 0.5) is 0 Å². The van der Waals surface area contributed by atoms with E-state index in [0.29, 0.717) is 5.92 Å². The van der Waals surface area contributed by atoms with Crippen molar-refractivity contribution in [3.8, 4) is 0 Å². The van der Waals surface area contributed by atoms with Crippen molar-refractivity contribution in [3.05, 3.63) is 54.5 Å². The Balaban J connectivity index is 2.20. The summed E-state index contributed by atoms with van der Waals surface area (Å²) in [6, 6.07) is 11.5. The summed E-state index contributed by atoms with van der Waals surface area (Å²) >= 11 is 0. The van der Waals surface area contributed by atoms with Crippen molar-refractivity contribution in [2.24, 2.45) is 0 Å². The van der Waals surface area contributed by atoms with Crippen LogP contribution >= 0.6 is 0 Å². The van der Waals surface area contributed by atoms with Crippen LogP contribution in [0.1, 0.15) is 30.7 Å². The van der Waals surface area contributed by atoms with Crippen LogP contribution in [0.5, 0.6) is 0 Å². The van der Waals surface area contributed by atoms with Gasteiger partial charge in [-0.05, 0) is 37.3 Å². The quantitative estimate of drug-likeness (QED) is 0.566. The van der Waals surface area contributed by atoms with Crippen LogP contribution < -0.4 is 0 Å². The highest BCUT2D eigenvalue weighted by Gasteiger charge is 2.18. The van der Waals surface area contributed by atoms with Gasteiger partial charge in [-0.2, -0.15) is 0 Å². The largest absolute Gasteiger partial charge is 0.0992 e. The molecule has 0 heterocycles. The Labute approximate surface area is 80.3 Å². The number of allylic oxidation sites excluding steroid dienone is 1. The molecule has 1 atom stereocenters. The minimum atomic E-state index is 0.547. The van der Waals surface area contributed by atoms with Crippen LogP contribution in [0, 0.1) is 12.5 Å². The lowest BCUT2D eigenvalue weighted by atomic mass is 9.81. The summed E-state index contributed by atoms with van der Waals surface area (Å²) in [4.78, 5) is 0. The van der Waals surface area contributed by atoms with Crippen LogP contribution in [0.3, 0.4) is 0 Å². The maximum absolute atomic E-state index is 4.12. The van der Waals surface area contributed by atoms with Gasteiger partial charge in [-0.15, -0.1) is 0 Å². The van der Waals surface area contributed by atoms with E-state index in [2.05, 4.69) is 31.2 Å². The van der Waals surface area contributed by atoms with E-state index in [1.54, 1.807) is 0 Å². The molecule has 0 saturated heterocycles. The average Bonchev–Trinajstić information content (AvgIpc) is 2.20. The predicted molar refractivity (Wildman–Crippen MR) is 55.3 cm³/mol. The third-order valence-corrected chi connectivity index (χ3v) is 2.67. The Bertz CT molecular complexity index is 284. The Morgan fingerprint density at radius 2 is 2.31 bits per heavy atom. The van der Waals surface area contributed by atoms with Gasteiger partial charge in [-0.1, -0.05) is 36.4 Å². The van der Waals surface area contributed by atoms with E-state index in [-0.39, 0.29) is 0 Å². The molecule has 13 heavy (non-hydrogen) atoms. The Hall–Kier alpha value is -1.04. The molecule has 2 radical (unpaired) electrons. The van der Waals surface area contributed by atoms with Crippen LogP contribution in [-0.4, -0.2) is 0 Å². The van der Waals surface area contributed by atoms with Crippen molar-refractivity contribution in [1.29, 1.82) is 0 Å². The lowest BCUT2D eigenvalue weighted by Gasteiger charge is -2.24. The van der Waals surface area contributed by atoms with Crippen LogP contribution in [0.2, 0.25) is 0 Å². The van der Waals surface area contributed by atoms with Crippen molar-refractivity contribution >= 4 is 0 Å². The van der Waals surface area contributed by atoms with Gasteiger partial charge in [0.2, 0.25) is 0 Å². The summed E-state index contributed by atoms with van der Waals surface area (Å²) < 4.78 is 0. The normalized spacial score (nSPS) is 23.1. The van der Waals surface area contributed by atoms with Crippen molar-refractivity contribution in [3.63, 3.8) is 0 Å². The fourth-order valence-electron chi connectivity index (χ4n) is 1.92. The van der Waals surface area contributed by atoms with Crippen LogP contribution in [0.15, 0.2) is 36.4 Å². The first kappa shape index (κ1) is 8.55. The highest BCUT2D eigenvalue weighted by molar-refractivity contribution is 5.28. The summed E-state index contributed by atoms with van der Waals surface area (Å²) in [5, 5.41) is 0. The molecule has 66 valence electrons. The topological polar surface area (TPSA) is 0 Å². The summed E-state index contributed by atoms with van der Waals surface area (Å²) in [5.74, 6) is 0.547. The maximum atomic E-state index is 4.12. The lowest BCUT2D eigenvalue weighted by Crippen LogP contribution is -2.07. The van der Waals surface area contributed by atoms with E-state index >= 15 is 0 Å². The highest BCUT2D eigenvalue weighted by atomic mass is 14.2. The zero-order valence-electron chi connectivity index (χ0n) is 7.79.